The summed E-state index contributed by atoms with van der Waals surface area (Å²) < 4.78 is 5.03. The molecule has 0 spiro atoms. The van der Waals surface area contributed by atoms with Crippen molar-refractivity contribution in [3.8, 4) is 0 Å². The Morgan fingerprint density at radius 2 is 2.11 bits per heavy atom. The fourth-order valence-corrected chi connectivity index (χ4v) is 3.44. The molecule has 0 heterocycles. The van der Waals surface area contributed by atoms with Crippen molar-refractivity contribution in [1.29, 1.82) is 0 Å². The lowest BCUT2D eigenvalue weighted by molar-refractivity contribution is -0.151. The number of esters is 1. The normalized spacial score (nSPS) is 28.7. The summed E-state index contributed by atoms with van der Waals surface area (Å²) in [5, 5.41) is 0. The van der Waals surface area contributed by atoms with E-state index in [2.05, 4.69) is 27.7 Å². The average Bonchev–Trinajstić information content (AvgIpc) is 2.33. The minimum atomic E-state index is 0.0103. The minimum absolute atomic E-state index is 0.0103. The molecular weight excluding hydrogens is 224 g/mol. The van der Waals surface area contributed by atoms with Gasteiger partial charge in [0.25, 0.3) is 0 Å². The number of carbonyl (C=O) groups is 1. The summed E-state index contributed by atoms with van der Waals surface area (Å²) >= 11 is 0. The number of ether oxygens (including phenoxy) is 1. The second-order valence-electron chi connectivity index (χ2n) is 6.82. The highest BCUT2D eigenvalue weighted by molar-refractivity contribution is 5.72. The van der Waals surface area contributed by atoms with Gasteiger partial charge in [-0.1, -0.05) is 47.0 Å². The fourth-order valence-electron chi connectivity index (χ4n) is 3.44. The second kappa shape index (κ2) is 6.58. The van der Waals surface area contributed by atoms with Crippen LogP contribution in [-0.4, -0.2) is 13.1 Å². The van der Waals surface area contributed by atoms with E-state index in [1.807, 2.05) is 0 Å². The Hall–Kier alpha value is -0.530. The lowest BCUT2D eigenvalue weighted by Crippen LogP contribution is -2.38. The van der Waals surface area contributed by atoms with Crippen molar-refractivity contribution in [3.63, 3.8) is 0 Å². The predicted octanol–water partition coefficient (Wildman–Crippen LogP) is 4.43. The standard InChI is InChI=1S/C16H30O2/c1-6-7-8-12(2)13-9-10-16(3,4)11-14(13)15(17)18-5/h12-14H,6-11H2,1-5H3/t12-,13?,14?/m1/s1. The Morgan fingerprint density at radius 1 is 1.44 bits per heavy atom. The van der Waals surface area contributed by atoms with Gasteiger partial charge >= 0.3 is 5.97 Å². The Bertz CT molecular complexity index is 270. The van der Waals surface area contributed by atoms with Crippen LogP contribution in [0.15, 0.2) is 0 Å². The lowest BCUT2D eigenvalue weighted by Gasteiger charge is -2.42. The van der Waals surface area contributed by atoms with Crippen LogP contribution in [0.3, 0.4) is 0 Å². The molecule has 1 saturated carbocycles. The van der Waals surface area contributed by atoms with Gasteiger partial charge in [-0.15, -0.1) is 0 Å². The van der Waals surface area contributed by atoms with Gasteiger partial charge in [-0.2, -0.15) is 0 Å². The molecule has 0 N–H and O–H groups in total. The van der Waals surface area contributed by atoms with E-state index in [9.17, 15) is 4.79 Å². The van der Waals surface area contributed by atoms with Gasteiger partial charge in [0.2, 0.25) is 0 Å². The molecule has 2 nitrogen and oxygen atoms in total. The van der Waals surface area contributed by atoms with Crippen molar-refractivity contribution in [2.75, 3.05) is 7.11 Å². The van der Waals surface area contributed by atoms with Crippen molar-refractivity contribution in [2.45, 2.75) is 66.2 Å². The molecule has 1 aliphatic rings. The summed E-state index contributed by atoms with van der Waals surface area (Å²) in [7, 11) is 1.53. The van der Waals surface area contributed by atoms with Gasteiger partial charge in [0.1, 0.15) is 0 Å². The molecule has 2 heteroatoms. The molecule has 0 bridgehead atoms. The van der Waals surface area contributed by atoms with Crippen molar-refractivity contribution in [2.24, 2.45) is 23.2 Å². The van der Waals surface area contributed by atoms with Crippen LogP contribution >= 0.6 is 0 Å². The first-order valence-corrected chi connectivity index (χ1v) is 7.49. The van der Waals surface area contributed by atoms with Gasteiger partial charge in [-0.3, -0.25) is 4.79 Å². The summed E-state index contributed by atoms with van der Waals surface area (Å²) in [5.74, 6) is 1.30. The molecule has 0 amide bonds. The maximum Gasteiger partial charge on any atom is 0.308 e. The number of methoxy groups -OCH3 is 1. The molecule has 0 radical (unpaired) electrons. The SMILES string of the molecule is CCCC[C@@H](C)C1CCC(C)(C)CC1C(=O)OC. The van der Waals surface area contributed by atoms with E-state index < -0.39 is 0 Å². The first-order valence-electron chi connectivity index (χ1n) is 7.49. The summed E-state index contributed by atoms with van der Waals surface area (Å²) in [5.41, 5.74) is 0.292. The van der Waals surface area contributed by atoms with E-state index in [1.165, 1.54) is 39.2 Å². The van der Waals surface area contributed by atoms with Crippen molar-refractivity contribution in [3.05, 3.63) is 0 Å². The highest BCUT2D eigenvalue weighted by Gasteiger charge is 2.41. The Morgan fingerprint density at radius 3 is 2.67 bits per heavy atom. The van der Waals surface area contributed by atoms with E-state index in [0.717, 1.165) is 6.42 Å². The minimum Gasteiger partial charge on any atom is -0.469 e. The average molecular weight is 254 g/mol. The van der Waals surface area contributed by atoms with Crippen molar-refractivity contribution >= 4 is 5.97 Å². The van der Waals surface area contributed by atoms with Gasteiger partial charge in [0, 0.05) is 0 Å². The highest BCUT2D eigenvalue weighted by Crippen LogP contribution is 2.45. The molecule has 2 unspecified atom stereocenters. The maximum absolute atomic E-state index is 12.0. The fraction of sp³-hybridized carbons (Fsp3) is 0.938. The molecule has 106 valence electrons. The van der Waals surface area contributed by atoms with Gasteiger partial charge in [0.15, 0.2) is 0 Å². The van der Waals surface area contributed by atoms with Crippen LogP contribution in [-0.2, 0) is 9.53 Å². The van der Waals surface area contributed by atoms with Crippen LogP contribution in [0, 0.1) is 23.2 Å². The Labute approximate surface area is 112 Å². The molecule has 18 heavy (non-hydrogen) atoms. The van der Waals surface area contributed by atoms with Crippen LogP contribution in [0.2, 0.25) is 0 Å². The van der Waals surface area contributed by atoms with Crippen LogP contribution in [0.1, 0.15) is 66.2 Å². The van der Waals surface area contributed by atoms with Crippen LogP contribution in [0.4, 0.5) is 0 Å². The first-order chi connectivity index (χ1) is 8.41. The molecule has 0 saturated heterocycles. The van der Waals surface area contributed by atoms with Gasteiger partial charge < -0.3 is 4.74 Å². The zero-order chi connectivity index (χ0) is 13.8. The van der Waals surface area contributed by atoms with Crippen molar-refractivity contribution in [1.82, 2.24) is 0 Å². The van der Waals surface area contributed by atoms with E-state index in [1.54, 1.807) is 0 Å². The largest absolute Gasteiger partial charge is 0.469 e. The summed E-state index contributed by atoms with van der Waals surface area (Å²) in [6.07, 6.45) is 7.16. The molecule has 3 atom stereocenters. The van der Waals surface area contributed by atoms with E-state index in [0.29, 0.717) is 17.3 Å². The topological polar surface area (TPSA) is 26.3 Å². The number of rotatable bonds is 5. The molecule has 1 aliphatic carbocycles. The third-order valence-electron chi connectivity index (χ3n) is 4.69. The lowest BCUT2D eigenvalue weighted by atomic mass is 9.63. The molecule has 1 rings (SSSR count). The predicted molar refractivity (Wildman–Crippen MR) is 75.3 cm³/mol. The summed E-state index contributed by atoms with van der Waals surface area (Å²) in [6.45, 7) is 9.09. The van der Waals surface area contributed by atoms with E-state index in [-0.39, 0.29) is 11.9 Å². The maximum atomic E-state index is 12.0. The van der Waals surface area contributed by atoms with Crippen molar-refractivity contribution < 1.29 is 9.53 Å². The number of unbranched alkanes of at least 4 members (excludes halogenated alkanes) is 1. The Kier molecular flexibility index (Phi) is 5.68. The van der Waals surface area contributed by atoms with Gasteiger partial charge in [-0.25, -0.2) is 0 Å². The van der Waals surface area contributed by atoms with Crippen LogP contribution < -0.4 is 0 Å². The quantitative estimate of drug-likeness (QED) is 0.678. The molecule has 0 aliphatic heterocycles. The second-order valence-corrected chi connectivity index (χ2v) is 6.82. The van der Waals surface area contributed by atoms with Gasteiger partial charge in [-0.05, 0) is 36.5 Å². The van der Waals surface area contributed by atoms with E-state index >= 15 is 0 Å². The molecule has 0 aromatic carbocycles. The smallest absolute Gasteiger partial charge is 0.308 e. The zero-order valence-electron chi connectivity index (χ0n) is 12.8. The first kappa shape index (κ1) is 15.5. The molecule has 0 aromatic heterocycles. The summed E-state index contributed by atoms with van der Waals surface area (Å²) in [6, 6.07) is 0. The van der Waals surface area contributed by atoms with E-state index in [4.69, 9.17) is 4.74 Å². The molecule has 0 aromatic rings. The van der Waals surface area contributed by atoms with Crippen LogP contribution in [0.25, 0.3) is 0 Å². The molecule has 1 fully saturated rings. The third-order valence-corrected chi connectivity index (χ3v) is 4.69. The highest BCUT2D eigenvalue weighted by atomic mass is 16.5. The summed E-state index contributed by atoms with van der Waals surface area (Å²) in [4.78, 5) is 12.0. The number of carbonyl (C=O) groups excluding carboxylic acids is 1. The monoisotopic (exact) mass is 254 g/mol. The van der Waals surface area contributed by atoms with Crippen LogP contribution in [0.5, 0.6) is 0 Å². The number of hydrogen-bond acceptors (Lipinski definition) is 2. The molecular formula is C16H30O2. The van der Waals surface area contributed by atoms with Gasteiger partial charge in [0.05, 0.1) is 13.0 Å². The zero-order valence-corrected chi connectivity index (χ0v) is 12.8. The third kappa shape index (κ3) is 4.00. The Balaban J connectivity index is 2.72. The number of hydrogen-bond donors (Lipinski definition) is 0.